The fraction of sp³-hybridized carbons (Fsp3) is 0.324. The van der Waals surface area contributed by atoms with Gasteiger partial charge >= 0.3 is 6.09 Å². The largest absolute Gasteiger partial charge is 0.473 e. The Morgan fingerprint density at radius 1 is 0.915 bits per heavy atom. The summed E-state index contributed by atoms with van der Waals surface area (Å²) < 4.78 is 50.4. The molecule has 0 saturated carbocycles. The van der Waals surface area contributed by atoms with Gasteiger partial charge in [-0.3, -0.25) is 4.68 Å². The van der Waals surface area contributed by atoms with E-state index in [-0.39, 0.29) is 19.6 Å². The van der Waals surface area contributed by atoms with Crippen molar-refractivity contribution in [3.05, 3.63) is 108 Å². The summed E-state index contributed by atoms with van der Waals surface area (Å²) in [6.45, 7) is 5.27. The van der Waals surface area contributed by atoms with Gasteiger partial charge in [-0.05, 0) is 56.0 Å². The van der Waals surface area contributed by atoms with E-state index in [0.717, 1.165) is 21.4 Å². The minimum Gasteiger partial charge on any atom is -0.473 e. The van der Waals surface area contributed by atoms with Crippen LogP contribution in [0.3, 0.4) is 0 Å². The Morgan fingerprint density at radius 3 is 2.21 bits per heavy atom. The van der Waals surface area contributed by atoms with Crippen molar-refractivity contribution in [2.24, 2.45) is 7.05 Å². The maximum absolute atomic E-state index is 15.5. The first kappa shape index (κ1) is 32.0. The highest BCUT2D eigenvalue weighted by Gasteiger charge is 2.47. The van der Waals surface area contributed by atoms with Crippen molar-refractivity contribution >= 4 is 17.0 Å². The molecule has 1 aliphatic rings. The number of benzene rings is 3. The third kappa shape index (κ3) is 7.37. The second-order valence-electron chi connectivity index (χ2n) is 12.8. The molecule has 1 unspecified atom stereocenters. The Balaban J connectivity index is 1.28. The van der Waals surface area contributed by atoms with E-state index in [4.69, 9.17) is 24.3 Å². The highest BCUT2D eigenvalue weighted by Crippen LogP contribution is 2.43. The van der Waals surface area contributed by atoms with Gasteiger partial charge < -0.3 is 19.1 Å². The Kier molecular flexibility index (Phi) is 8.86. The predicted octanol–water partition coefficient (Wildman–Crippen LogP) is 8.15. The predicted molar refractivity (Wildman–Crippen MR) is 176 cm³/mol. The summed E-state index contributed by atoms with van der Waals surface area (Å²) in [5, 5.41) is 5.56. The molecular formula is C37H38F2N4O4. The van der Waals surface area contributed by atoms with Crippen molar-refractivity contribution in [2.45, 2.75) is 57.8 Å². The number of ether oxygens (including phenoxy) is 3. The van der Waals surface area contributed by atoms with Crippen LogP contribution in [0.5, 0.6) is 11.8 Å². The lowest BCUT2D eigenvalue weighted by atomic mass is 9.85. The minimum absolute atomic E-state index is 0.105. The third-order valence-corrected chi connectivity index (χ3v) is 8.07. The average Bonchev–Trinajstić information content (AvgIpc) is 3.37. The lowest BCUT2D eigenvalue weighted by molar-refractivity contribution is -0.0848. The molecule has 0 radical (unpaired) electrons. The number of likely N-dealkylation sites (tertiary alicyclic amines) is 1. The van der Waals surface area contributed by atoms with Crippen LogP contribution in [0.1, 0.15) is 49.8 Å². The molecule has 0 bridgehead atoms. The van der Waals surface area contributed by atoms with Crippen LogP contribution in [-0.2, 0) is 25.0 Å². The third-order valence-electron chi connectivity index (χ3n) is 8.07. The number of hydrogen-bond donors (Lipinski definition) is 0. The molecule has 0 N–H and O–H groups in total. The van der Waals surface area contributed by atoms with Gasteiger partial charge in [0.2, 0.25) is 11.8 Å². The van der Waals surface area contributed by atoms with Gasteiger partial charge in [0.05, 0.1) is 23.5 Å². The smallest absolute Gasteiger partial charge is 0.410 e. The van der Waals surface area contributed by atoms with Gasteiger partial charge in [-0.15, -0.1) is 0 Å². The second-order valence-corrected chi connectivity index (χ2v) is 12.8. The maximum atomic E-state index is 15.5. The maximum Gasteiger partial charge on any atom is 0.410 e. The molecule has 0 spiro atoms. The summed E-state index contributed by atoms with van der Waals surface area (Å²) in [7, 11) is 1.79. The first-order valence-corrected chi connectivity index (χ1v) is 15.6. The van der Waals surface area contributed by atoms with Crippen LogP contribution in [0.4, 0.5) is 13.6 Å². The van der Waals surface area contributed by atoms with Crippen LogP contribution >= 0.6 is 0 Å². The van der Waals surface area contributed by atoms with Gasteiger partial charge in [-0.25, -0.2) is 13.6 Å². The van der Waals surface area contributed by atoms with Crippen molar-refractivity contribution in [2.75, 3.05) is 13.1 Å². The molecule has 3 aromatic carbocycles. The highest BCUT2D eigenvalue weighted by atomic mass is 19.3. The van der Waals surface area contributed by atoms with Gasteiger partial charge in [-0.2, -0.15) is 10.1 Å². The van der Waals surface area contributed by atoms with E-state index in [1.807, 2.05) is 72.8 Å². The molecule has 1 amide bonds. The fourth-order valence-electron chi connectivity index (χ4n) is 5.77. The van der Waals surface area contributed by atoms with Crippen LogP contribution in [0, 0.1) is 0 Å². The molecule has 10 heteroatoms. The Labute approximate surface area is 272 Å². The number of pyridine rings is 1. The SMILES string of the molecule is Cn1nc(-c2ccc(OCc3ccccc3)nc2OCc2ccccc2)c2ccc(C3CCN(C(=O)OC(C)(C)C)CC3(F)F)cc21. The van der Waals surface area contributed by atoms with Crippen molar-refractivity contribution in [3.8, 4) is 23.0 Å². The highest BCUT2D eigenvalue weighted by molar-refractivity contribution is 5.95. The van der Waals surface area contributed by atoms with E-state index in [0.29, 0.717) is 40.7 Å². The van der Waals surface area contributed by atoms with Crippen LogP contribution in [-0.4, -0.2) is 50.4 Å². The topological polar surface area (TPSA) is 78.7 Å². The zero-order valence-electron chi connectivity index (χ0n) is 27.0. The number of hydrogen-bond acceptors (Lipinski definition) is 6. The molecule has 3 heterocycles. The van der Waals surface area contributed by atoms with Gasteiger partial charge in [0, 0.05) is 25.0 Å². The zero-order valence-corrected chi connectivity index (χ0v) is 27.0. The number of aryl methyl sites for hydroxylation is 1. The van der Waals surface area contributed by atoms with Gasteiger partial charge in [-0.1, -0.05) is 72.8 Å². The van der Waals surface area contributed by atoms with E-state index < -0.39 is 30.1 Å². The molecule has 47 heavy (non-hydrogen) atoms. The van der Waals surface area contributed by atoms with Gasteiger partial charge in [0.25, 0.3) is 5.92 Å². The molecule has 1 atom stereocenters. The van der Waals surface area contributed by atoms with E-state index in [1.165, 1.54) is 0 Å². The Bertz CT molecular complexity index is 1860. The van der Waals surface area contributed by atoms with Crippen molar-refractivity contribution < 1.29 is 27.8 Å². The van der Waals surface area contributed by atoms with Crippen molar-refractivity contribution in [1.82, 2.24) is 19.7 Å². The quantitative estimate of drug-likeness (QED) is 0.170. The standard InChI is InChI=1S/C37H38F2N4O4/c1-36(2,3)47-35(44)43-20-19-30(37(38,39)24-43)27-15-16-28-31(21-27)42(4)41-33(28)29-17-18-32(45-22-25-11-7-5-8-12-25)40-34(29)46-23-26-13-9-6-10-14-26/h5-18,21,30H,19-20,22-24H2,1-4H3. The van der Waals surface area contributed by atoms with Gasteiger partial charge in [0.1, 0.15) is 24.5 Å². The lowest BCUT2D eigenvalue weighted by Gasteiger charge is -2.39. The van der Waals surface area contributed by atoms with Crippen LogP contribution in [0.25, 0.3) is 22.2 Å². The number of alkyl halides is 2. The number of amides is 1. The summed E-state index contributed by atoms with van der Waals surface area (Å²) >= 11 is 0. The van der Waals surface area contributed by atoms with Crippen molar-refractivity contribution in [1.29, 1.82) is 0 Å². The number of nitrogens with zero attached hydrogens (tertiary/aromatic N) is 4. The van der Waals surface area contributed by atoms with E-state index in [1.54, 1.807) is 50.7 Å². The number of rotatable bonds is 8. The Morgan fingerprint density at radius 2 is 1.57 bits per heavy atom. The summed E-state index contributed by atoms with van der Waals surface area (Å²) in [5.41, 5.74) is 3.68. The van der Waals surface area contributed by atoms with E-state index in [2.05, 4.69) is 0 Å². The van der Waals surface area contributed by atoms with E-state index in [9.17, 15) is 4.79 Å². The first-order chi connectivity index (χ1) is 22.5. The number of carbonyl (C=O) groups is 1. The molecule has 6 rings (SSSR count). The molecular weight excluding hydrogens is 602 g/mol. The molecule has 8 nitrogen and oxygen atoms in total. The molecule has 1 aliphatic heterocycles. The summed E-state index contributed by atoms with van der Waals surface area (Å²) in [6.07, 6.45) is -0.619. The second kappa shape index (κ2) is 13.0. The number of halogens is 2. The monoisotopic (exact) mass is 640 g/mol. The molecule has 2 aromatic heterocycles. The van der Waals surface area contributed by atoms with Crippen LogP contribution < -0.4 is 9.47 Å². The first-order valence-electron chi connectivity index (χ1n) is 15.6. The molecule has 0 aliphatic carbocycles. The fourth-order valence-corrected chi connectivity index (χ4v) is 5.77. The lowest BCUT2D eigenvalue weighted by Crippen LogP contribution is -2.50. The summed E-state index contributed by atoms with van der Waals surface area (Å²) in [6, 6.07) is 28.6. The van der Waals surface area contributed by atoms with Crippen LogP contribution in [0.2, 0.25) is 0 Å². The minimum atomic E-state index is -3.14. The van der Waals surface area contributed by atoms with E-state index >= 15 is 8.78 Å². The number of aromatic nitrogens is 3. The van der Waals surface area contributed by atoms with Gasteiger partial charge in [0.15, 0.2) is 0 Å². The average molecular weight is 641 g/mol. The number of carbonyl (C=O) groups excluding carboxylic acids is 1. The molecule has 5 aromatic rings. The summed E-state index contributed by atoms with van der Waals surface area (Å²) in [4.78, 5) is 18.3. The normalized spacial score (nSPS) is 16.2. The molecule has 1 fully saturated rings. The Hall–Kier alpha value is -4.99. The van der Waals surface area contributed by atoms with Crippen LogP contribution in [0.15, 0.2) is 91.0 Å². The number of fused-ring (bicyclic) bond motifs is 1. The molecule has 1 saturated heterocycles. The summed E-state index contributed by atoms with van der Waals surface area (Å²) in [5.74, 6) is -3.44. The zero-order chi connectivity index (χ0) is 33.2. The molecule has 244 valence electrons. The van der Waals surface area contributed by atoms with Crippen molar-refractivity contribution in [3.63, 3.8) is 0 Å². The number of piperidine rings is 1.